The molecule has 0 saturated heterocycles. The van der Waals surface area contributed by atoms with Crippen molar-refractivity contribution in [2.24, 2.45) is 0 Å². The Bertz CT molecular complexity index is 137. The second kappa shape index (κ2) is 4.06. The molecule has 0 rings (SSSR count). The second-order valence-electron chi connectivity index (χ2n) is 2.00. The molecule has 0 aromatic rings. The molecular formula is C5H12FO3P. The van der Waals surface area contributed by atoms with E-state index in [1.54, 1.807) is 20.8 Å². The second-order valence-corrected chi connectivity index (χ2v) is 3.33. The highest BCUT2D eigenvalue weighted by Crippen LogP contribution is 2.50. The molecule has 10 heavy (non-hydrogen) atoms. The fourth-order valence-corrected chi connectivity index (χ4v) is 1.31. The highest BCUT2D eigenvalue weighted by molar-refractivity contribution is 7.48. The zero-order valence-electron chi connectivity index (χ0n) is 6.33. The van der Waals surface area contributed by atoms with Crippen molar-refractivity contribution in [2.45, 2.75) is 26.9 Å². The third kappa shape index (κ3) is 4.91. The van der Waals surface area contributed by atoms with E-state index in [1.165, 1.54) is 0 Å². The normalized spacial score (nSPS) is 17.3. The van der Waals surface area contributed by atoms with Crippen molar-refractivity contribution < 1.29 is 17.8 Å². The predicted octanol–water partition coefficient (Wildman–Crippen LogP) is 2.53. The van der Waals surface area contributed by atoms with E-state index in [0.29, 0.717) is 0 Å². The first-order valence-corrected chi connectivity index (χ1v) is 4.54. The van der Waals surface area contributed by atoms with Crippen molar-refractivity contribution >= 4 is 7.91 Å². The smallest absolute Gasteiger partial charge is 0.284 e. The topological polar surface area (TPSA) is 35.5 Å². The first-order valence-electron chi connectivity index (χ1n) is 3.10. The lowest BCUT2D eigenvalue weighted by Crippen LogP contribution is -1.99. The molecule has 0 aliphatic carbocycles. The van der Waals surface area contributed by atoms with E-state index < -0.39 is 14.0 Å². The summed E-state index contributed by atoms with van der Waals surface area (Å²) in [5, 5.41) is 0. The van der Waals surface area contributed by atoms with Gasteiger partial charge in [0.2, 0.25) is 0 Å². The van der Waals surface area contributed by atoms with Gasteiger partial charge in [0, 0.05) is 0 Å². The highest BCUT2D eigenvalue weighted by atomic mass is 31.2. The van der Waals surface area contributed by atoms with Crippen molar-refractivity contribution in [2.75, 3.05) is 6.61 Å². The highest BCUT2D eigenvalue weighted by Gasteiger charge is 2.24. The Morgan fingerprint density at radius 1 is 1.60 bits per heavy atom. The van der Waals surface area contributed by atoms with Gasteiger partial charge in [0.15, 0.2) is 0 Å². The van der Waals surface area contributed by atoms with E-state index in [1.807, 2.05) is 0 Å². The van der Waals surface area contributed by atoms with Crippen LogP contribution in [0.4, 0.5) is 4.20 Å². The van der Waals surface area contributed by atoms with Crippen LogP contribution in [0.15, 0.2) is 0 Å². The summed E-state index contributed by atoms with van der Waals surface area (Å²) in [5.41, 5.74) is 0. The fraction of sp³-hybridized carbons (Fsp3) is 1.00. The lowest BCUT2D eigenvalue weighted by Gasteiger charge is -2.10. The Morgan fingerprint density at radius 3 is 2.40 bits per heavy atom. The van der Waals surface area contributed by atoms with Crippen LogP contribution in [-0.2, 0) is 13.6 Å². The zero-order chi connectivity index (χ0) is 8.20. The lowest BCUT2D eigenvalue weighted by atomic mass is 10.5. The Labute approximate surface area is 60.2 Å². The van der Waals surface area contributed by atoms with Crippen LogP contribution in [0.1, 0.15) is 20.8 Å². The maximum absolute atomic E-state index is 12.5. The molecule has 0 spiro atoms. The monoisotopic (exact) mass is 170 g/mol. The summed E-state index contributed by atoms with van der Waals surface area (Å²) in [6.45, 7) is 4.78. The van der Waals surface area contributed by atoms with Crippen LogP contribution in [-0.4, -0.2) is 12.7 Å². The molecule has 0 aliphatic rings. The Morgan fingerprint density at radius 2 is 2.10 bits per heavy atom. The minimum Gasteiger partial charge on any atom is -0.284 e. The molecule has 0 heterocycles. The molecule has 0 aromatic carbocycles. The van der Waals surface area contributed by atoms with Gasteiger partial charge >= 0.3 is 7.91 Å². The maximum atomic E-state index is 12.5. The fourth-order valence-electron chi connectivity index (χ4n) is 0.436. The molecule has 0 saturated carbocycles. The van der Waals surface area contributed by atoms with E-state index in [2.05, 4.69) is 9.05 Å². The van der Waals surface area contributed by atoms with Crippen LogP contribution in [0.25, 0.3) is 0 Å². The minimum atomic E-state index is -4.25. The van der Waals surface area contributed by atoms with E-state index in [9.17, 15) is 8.76 Å². The molecule has 0 bridgehead atoms. The van der Waals surface area contributed by atoms with Gasteiger partial charge in [0.25, 0.3) is 0 Å². The van der Waals surface area contributed by atoms with Crippen molar-refractivity contribution in [1.29, 1.82) is 0 Å². The first kappa shape index (κ1) is 10.1. The van der Waals surface area contributed by atoms with Crippen LogP contribution in [0.3, 0.4) is 0 Å². The van der Waals surface area contributed by atoms with Gasteiger partial charge in [-0.05, 0) is 20.8 Å². The van der Waals surface area contributed by atoms with Gasteiger partial charge in [0.1, 0.15) is 0 Å². The molecule has 1 unspecified atom stereocenters. The van der Waals surface area contributed by atoms with Gasteiger partial charge in [-0.3, -0.25) is 9.05 Å². The average molecular weight is 170 g/mol. The Balaban J connectivity index is 3.75. The van der Waals surface area contributed by atoms with Crippen LogP contribution in [0.2, 0.25) is 0 Å². The van der Waals surface area contributed by atoms with Gasteiger partial charge < -0.3 is 0 Å². The standard InChI is InChI=1S/C5H12FO3P/c1-4-8-10(6,7)9-5(2)3/h5H,4H2,1-3H3. The maximum Gasteiger partial charge on any atom is 0.513 e. The number of hydrogen-bond donors (Lipinski definition) is 0. The van der Waals surface area contributed by atoms with Crippen LogP contribution < -0.4 is 0 Å². The van der Waals surface area contributed by atoms with Gasteiger partial charge in [0.05, 0.1) is 12.7 Å². The summed E-state index contributed by atoms with van der Waals surface area (Å²) in [6, 6.07) is 0. The zero-order valence-corrected chi connectivity index (χ0v) is 7.23. The molecule has 1 atom stereocenters. The number of hydrogen-bond acceptors (Lipinski definition) is 3. The molecular weight excluding hydrogens is 158 g/mol. The molecule has 0 radical (unpaired) electrons. The van der Waals surface area contributed by atoms with Crippen molar-refractivity contribution in [3.05, 3.63) is 0 Å². The van der Waals surface area contributed by atoms with Crippen molar-refractivity contribution in [3.63, 3.8) is 0 Å². The Hall–Kier alpha value is 0.0800. The molecule has 3 nitrogen and oxygen atoms in total. The van der Waals surface area contributed by atoms with E-state index in [4.69, 9.17) is 0 Å². The Kier molecular flexibility index (Phi) is 4.09. The summed E-state index contributed by atoms with van der Waals surface area (Å²) in [6.07, 6.45) is -0.414. The minimum absolute atomic E-state index is 0.0560. The molecule has 0 fully saturated rings. The van der Waals surface area contributed by atoms with Gasteiger partial charge in [-0.1, -0.05) is 0 Å². The molecule has 0 aliphatic heterocycles. The van der Waals surface area contributed by atoms with Crippen LogP contribution >= 0.6 is 7.91 Å². The van der Waals surface area contributed by atoms with Crippen molar-refractivity contribution in [1.82, 2.24) is 0 Å². The van der Waals surface area contributed by atoms with Crippen LogP contribution in [0.5, 0.6) is 0 Å². The van der Waals surface area contributed by atoms with Gasteiger partial charge in [-0.15, -0.1) is 4.20 Å². The van der Waals surface area contributed by atoms with E-state index in [-0.39, 0.29) is 6.61 Å². The summed E-state index contributed by atoms with van der Waals surface area (Å²) in [4.78, 5) is 0. The molecule has 0 aromatic heterocycles. The molecule has 5 heteroatoms. The summed E-state index contributed by atoms with van der Waals surface area (Å²) in [7, 11) is -4.25. The number of halogens is 1. The summed E-state index contributed by atoms with van der Waals surface area (Å²) in [5.74, 6) is 0. The lowest BCUT2D eigenvalue weighted by molar-refractivity contribution is 0.147. The average Bonchev–Trinajstić information content (AvgIpc) is 1.59. The van der Waals surface area contributed by atoms with Gasteiger partial charge in [-0.2, -0.15) is 0 Å². The molecule has 62 valence electrons. The van der Waals surface area contributed by atoms with E-state index >= 15 is 0 Å². The SMILES string of the molecule is CCOP(=O)(F)OC(C)C. The van der Waals surface area contributed by atoms with Crippen molar-refractivity contribution in [3.8, 4) is 0 Å². The third-order valence-corrected chi connectivity index (χ3v) is 1.86. The van der Waals surface area contributed by atoms with Gasteiger partial charge in [-0.25, -0.2) is 4.57 Å². The first-order chi connectivity index (χ1) is 4.48. The third-order valence-electron chi connectivity index (χ3n) is 0.620. The van der Waals surface area contributed by atoms with Crippen LogP contribution in [0, 0.1) is 0 Å². The quantitative estimate of drug-likeness (QED) is 0.608. The number of rotatable bonds is 4. The largest absolute Gasteiger partial charge is 0.513 e. The summed E-state index contributed by atoms with van der Waals surface area (Å²) < 4.78 is 31.5. The van der Waals surface area contributed by atoms with E-state index in [0.717, 1.165) is 0 Å². The molecule has 0 amide bonds. The summed E-state index contributed by atoms with van der Waals surface area (Å²) >= 11 is 0. The molecule has 0 N–H and O–H groups in total. The predicted molar refractivity (Wildman–Crippen MR) is 36.6 cm³/mol.